The number of carbonyl (C=O) groups excluding carboxylic acids is 2. The van der Waals surface area contributed by atoms with Crippen LogP contribution in [0.15, 0.2) is 48.5 Å². The summed E-state index contributed by atoms with van der Waals surface area (Å²) in [4.78, 5) is 27.6. The van der Waals surface area contributed by atoms with E-state index in [-0.39, 0.29) is 23.4 Å². The van der Waals surface area contributed by atoms with Crippen molar-refractivity contribution in [3.8, 4) is 0 Å². The van der Waals surface area contributed by atoms with Gasteiger partial charge in [-0.2, -0.15) is 0 Å². The second-order valence-corrected chi connectivity index (χ2v) is 8.98. The first-order chi connectivity index (χ1) is 15.5. The lowest BCUT2D eigenvalue weighted by molar-refractivity contribution is -0.138. The third kappa shape index (κ3) is 8.14. The lowest BCUT2D eigenvalue weighted by Gasteiger charge is -2.30. The van der Waals surface area contributed by atoms with Crippen LogP contribution in [0.3, 0.4) is 0 Å². The van der Waals surface area contributed by atoms with Gasteiger partial charge in [-0.3, -0.25) is 9.59 Å². The average molecular weight is 479 g/mol. The Kier molecular flexibility index (Phi) is 11.6. The Morgan fingerprint density at radius 3 is 2.53 bits per heavy atom. The van der Waals surface area contributed by atoms with Crippen LogP contribution in [-0.2, 0) is 21.8 Å². The van der Waals surface area contributed by atoms with Crippen molar-refractivity contribution in [2.75, 3.05) is 18.8 Å². The van der Waals surface area contributed by atoms with E-state index in [1.807, 2.05) is 37.3 Å². The second kappa shape index (κ2) is 14.2. The number of halogens is 2. The summed E-state index contributed by atoms with van der Waals surface area (Å²) in [7, 11) is 0. The molecule has 174 valence electrons. The summed E-state index contributed by atoms with van der Waals surface area (Å²) in [6.07, 6.45) is 3.08. The van der Waals surface area contributed by atoms with Crippen molar-refractivity contribution in [3.05, 3.63) is 70.5 Å². The maximum Gasteiger partial charge on any atom is 0.242 e. The van der Waals surface area contributed by atoms with Crippen LogP contribution in [0.5, 0.6) is 0 Å². The van der Waals surface area contributed by atoms with Crippen LogP contribution >= 0.6 is 23.4 Å². The first-order valence-electron chi connectivity index (χ1n) is 11.1. The molecule has 7 heteroatoms. The van der Waals surface area contributed by atoms with Crippen LogP contribution in [0, 0.1) is 5.82 Å². The van der Waals surface area contributed by atoms with Crippen molar-refractivity contribution in [1.82, 2.24) is 10.2 Å². The van der Waals surface area contributed by atoms with Crippen molar-refractivity contribution in [1.29, 1.82) is 0 Å². The SMILES string of the molecule is CCCCNC(=O)C(CC)N(CCc1ccccc1)C(=O)CSCc1c(F)cccc1Cl. The van der Waals surface area contributed by atoms with Gasteiger partial charge in [0, 0.05) is 29.4 Å². The van der Waals surface area contributed by atoms with Crippen LogP contribution < -0.4 is 5.32 Å². The maximum absolute atomic E-state index is 14.0. The van der Waals surface area contributed by atoms with Crippen molar-refractivity contribution < 1.29 is 14.0 Å². The standard InChI is InChI=1S/C25H32ClFN2O2S/c1-3-5-15-28-25(31)23(4-2)29(16-14-19-10-7-6-8-11-19)24(30)18-32-17-20-21(26)12-9-13-22(20)27/h6-13,23H,3-5,14-18H2,1-2H3,(H,28,31). The molecule has 0 saturated carbocycles. The molecule has 0 aliphatic rings. The Balaban J connectivity index is 2.07. The minimum Gasteiger partial charge on any atom is -0.354 e. The molecule has 1 N–H and O–H groups in total. The van der Waals surface area contributed by atoms with Gasteiger partial charge in [0.25, 0.3) is 0 Å². The maximum atomic E-state index is 14.0. The second-order valence-electron chi connectivity index (χ2n) is 7.58. The van der Waals surface area contributed by atoms with E-state index in [1.165, 1.54) is 17.8 Å². The van der Waals surface area contributed by atoms with E-state index in [4.69, 9.17) is 11.6 Å². The lowest BCUT2D eigenvalue weighted by atomic mass is 10.1. The molecule has 2 aromatic carbocycles. The van der Waals surface area contributed by atoms with Gasteiger partial charge in [-0.1, -0.05) is 68.3 Å². The molecule has 2 aromatic rings. The number of hydrogen-bond acceptors (Lipinski definition) is 3. The number of thioether (sulfide) groups is 1. The molecule has 0 spiro atoms. The third-order valence-electron chi connectivity index (χ3n) is 5.23. The van der Waals surface area contributed by atoms with Gasteiger partial charge < -0.3 is 10.2 Å². The molecule has 32 heavy (non-hydrogen) atoms. The topological polar surface area (TPSA) is 49.4 Å². The smallest absolute Gasteiger partial charge is 0.242 e. The first-order valence-corrected chi connectivity index (χ1v) is 12.6. The normalized spacial score (nSPS) is 11.8. The molecule has 0 fully saturated rings. The zero-order valence-electron chi connectivity index (χ0n) is 18.8. The van der Waals surface area contributed by atoms with Crippen molar-refractivity contribution in [3.63, 3.8) is 0 Å². The average Bonchev–Trinajstić information content (AvgIpc) is 2.79. The Hall–Kier alpha value is -2.05. The summed E-state index contributed by atoms with van der Waals surface area (Å²) in [5.74, 6) is -0.179. The fourth-order valence-corrected chi connectivity index (χ4v) is 4.64. The summed E-state index contributed by atoms with van der Waals surface area (Å²) in [6, 6.07) is 13.9. The van der Waals surface area contributed by atoms with E-state index in [1.54, 1.807) is 17.0 Å². The highest BCUT2D eigenvalue weighted by molar-refractivity contribution is 7.99. The molecule has 0 aliphatic heterocycles. The summed E-state index contributed by atoms with van der Waals surface area (Å²) in [5, 5.41) is 3.31. The number of carbonyl (C=O) groups is 2. The van der Waals surface area contributed by atoms with Crippen LogP contribution in [0.25, 0.3) is 0 Å². The zero-order chi connectivity index (χ0) is 23.3. The highest BCUT2D eigenvalue weighted by Crippen LogP contribution is 2.24. The molecule has 2 amide bonds. The van der Waals surface area contributed by atoms with Gasteiger partial charge in [0.15, 0.2) is 0 Å². The fraction of sp³-hybridized carbons (Fsp3) is 0.440. The Morgan fingerprint density at radius 2 is 1.88 bits per heavy atom. The number of unbranched alkanes of at least 4 members (excludes halogenated alkanes) is 1. The molecule has 4 nitrogen and oxygen atoms in total. The molecule has 0 aliphatic carbocycles. The van der Waals surface area contributed by atoms with Gasteiger partial charge in [-0.15, -0.1) is 11.8 Å². The Bertz CT molecular complexity index is 846. The summed E-state index contributed by atoms with van der Waals surface area (Å²) >= 11 is 7.40. The highest BCUT2D eigenvalue weighted by Gasteiger charge is 2.28. The molecule has 2 rings (SSSR count). The van der Waals surface area contributed by atoms with Crippen LogP contribution in [-0.4, -0.2) is 41.6 Å². The summed E-state index contributed by atoms with van der Waals surface area (Å²) in [6.45, 7) is 5.04. The first kappa shape index (κ1) is 26.2. The van der Waals surface area contributed by atoms with Crippen molar-refractivity contribution in [2.45, 2.75) is 51.3 Å². The highest BCUT2D eigenvalue weighted by atomic mass is 35.5. The number of benzene rings is 2. The minimum absolute atomic E-state index is 0.121. The van der Waals surface area contributed by atoms with E-state index in [9.17, 15) is 14.0 Å². The summed E-state index contributed by atoms with van der Waals surface area (Å²) < 4.78 is 14.0. The van der Waals surface area contributed by atoms with Crippen LogP contribution in [0.1, 0.15) is 44.2 Å². The van der Waals surface area contributed by atoms with Gasteiger partial charge in [-0.25, -0.2) is 4.39 Å². The number of amides is 2. The van der Waals surface area contributed by atoms with Gasteiger partial charge >= 0.3 is 0 Å². The number of nitrogens with one attached hydrogen (secondary N) is 1. The molecule has 1 unspecified atom stereocenters. The lowest BCUT2D eigenvalue weighted by Crippen LogP contribution is -2.50. The molecule has 1 atom stereocenters. The van der Waals surface area contributed by atoms with Gasteiger partial charge in [0.2, 0.25) is 11.8 Å². The summed E-state index contributed by atoms with van der Waals surface area (Å²) in [5.41, 5.74) is 1.50. The van der Waals surface area contributed by atoms with Crippen molar-refractivity contribution >= 4 is 35.2 Å². The largest absolute Gasteiger partial charge is 0.354 e. The minimum atomic E-state index is -0.527. The predicted molar refractivity (Wildman–Crippen MR) is 131 cm³/mol. The molecule has 0 aromatic heterocycles. The Morgan fingerprint density at radius 1 is 1.12 bits per heavy atom. The third-order valence-corrected chi connectivity index (χ3v) is 6.53. The number of nitrogens with zero attached hydrogens (tertiary/aromatic N) is 1. The van der Waals surface area contributed by atoms with E-state index >= 15 is 0 Å². The molecule has 0 bridgehead atoms. The van der Waals surface area contributed by atoms with Gasteiger partial charge in [0.1, 0.15) is 11.9 Å². The molecular formula is C25H32ClFN2O2S. The molecular weight excluding hydrogens is 447 g/mol. The van der Waals surface area contributed by atoms with E-state index in [2.05, 4.69) is 12.2 Å². The van der Waals surface area contributed by atoms with E-state index in [0.717, 1.165) is 18.4 Å². The monoisotopic (exact) mass is 478 g/mol. The number of hydrogen-bond donors (Lipinski definition) is 1. The fourth-order valence-electron chi connectivity index (χ4n) is 3.40. The van der Waals surface area contributed by atoms with Crippen LogP contribution in [0.4, 0.5) is 4.39 Å². The molecule has 0 heterocycles. The van der Waals surface area contributed by atoms with E-state index in [0.29, 0.717) is 42.3 Å². The quantitative estimate of drug-likeness (QED) is 0.388. The number of rotatable bonds is 13. The predicted octanol–water partition coefficient (Wildman–Crippen LogP) is 5.48. The Labute approximate surface area is 199 Å². The van der Waals surface area contributed by atoms with Gasteiger partial charge in [0.05, 0.1) is 5.75 Å². The van der Waals surface area contributed by atoms with E-state index < -0.39 is 6.04 Å². The zero-order valence-corrected chi connectivity index (χ0v) is 20.4. The van der Waals surface area contributed by atoms with Crippen molar-refractivity contribution in [2.24, 2.45) is 0 Å². The molecule has 0 saturated heterocycles. The van der Waals surface area contributed by atoms with Crippen LogP contribution in [0.2, 0.25) is 5.02 Å². The molecule has 0 radical (unpaired) electrons. The van der Waals surface area contributed by atoms with Gasteiger partial charge in [-0.05, 0) is 37.0 Å².